The highest BCUT2D eigenvalue weighted by Gasteiger charge is 2.07. The highest BCUT2D eigenvalue weighted by molar-refractivity contribution is 5.92. The predicted octanol–water partition coefficient (Wildman–Crippen LogP) is 2.84. The van der Waals surface area contributed by atoms with Crippen molar-refractivity contribution in [1.82, 2.24) is 0 Å². The van der Waals surface area contributed by atoms with Crippen LogP contribution in [0.15, 0.2) is 53.6 Å². The lowest BCUT2D eigenvalue weighted by Gasteiger charge is -2.05. The van der Waals surface area contributed by atoms with Gasteiger partial charge in [-0.05, 0) is 30.3 Å². The Kier molecular flexibility index (Phi) is 4.34. The minimum Gasteiger partial charge on any atom is -0.496 e. The molecule has 5 heteroatoms. The third-order valence-corrected chi connectivity index (χ3v) is 2.65. The lowest BCUT2D eigenvalue weighted by molar-refractivity contribution is 0.0697. The molecular formula is C15H14N2O3. The number of carbonyl (C=O) groups is 1. The summed E-state index contributed by atoms with van der Waals surface area (Å²) in [5.74, 6) is -0.424. The number of para-hydroxylation sites is 1. The monoisotopic (exact) mass is 270 g/mol. The first kappa shape index (κ1) is 13.6. The molecule has 0 bridgehead atoms. The van der Waals surface area contributed by atoms with Crippen molar-refractivity contribution in [2.45, 2.75) is 0 Å². The predicted molar refractivity (Wildman–Crippen MR) is 77.6 cm³/mol. The lowest BCUT2D eigenvalue weighted by Crippen LogP contribution is -2.00. The molecular weight excluding hydrogens is 256 g/mol. The van der Waals surface area contributed by atoms with Gasteiger partial charge in [0.1, 0.15) is 5.75 Å². The van der Waals surface area contributed by atoms with Gasteiger partial charge in [-0.2, -0.15) is 5.10 Å². The summed E-state index contributed by atoms with van der Waals surface area (Å²) in [6.07, 6.45) is 1.53. The van der Waals surface area contributed by atoms with Gasteiger partial charge in [-0.15, -0.1) is 0 Å². The number of hydrogen-bond donors (Lipinski definition) is 2. The van der Waals surface area contributed by atoms with E-state index in [-0.39, 0.29) is 5.56 Å². The van der Waals surface area contributed by atoms with Crippen LogP contribution in [0.4, 0.5) is 5.69 Å². The highest BCUT2D eigenvalue weighted by Crippen LogP contribution is 2.18. The second-order valence-electron chi connectivity index (χ2n) is 4.00. The van der Waals surface area contributed by atoms with Crippen molar-refractivity contribution >= 4 is 17.9 Å². The zero-order valence-electron chi connectivity index (χ0n) is 10.9. The maximum atomic E-state index is 10.9. The fourth-order valence-corrected chi connectivity index (χ4v) is 1.66. The fourth-order valence-electron chi connectivity index (χ4n) is 1.66. The van der Waals surface area contributed by atoms with Crippen molar-refractivity contribution in [2.75, 3.05) is 12.5 Å². The lowest BCUT2D eigenvalue weighted by atomic mass is 10.1. The molecule has 0 aliphatic heterocycles. The molecule has 0 fully saturated rings. The van der Waals surface area contributed by atoms with E-state index >= 15 is 0 Å². The van der Waals surface area contributed by atoms with Crippen molar-refractivity contribution < 1.29 is 14.6 Å². The zero-order chi connectivity index (χ0) is 14.4. The van der Waals surface area contributed by atoms with Gasteiger partial charge in [-0.25, -0.2) is 4.79 Å². The maximum absolute atomic E-state index is 10.9. The number of hydrazone groups is 1. The topological polar surface area (TPSA) is 70.9 Å². The van der Waals surface area contributed by atoms with Gasteiger partial charge in [0, 0.05) is 5.56 Å². The van der Waals surface area contributed by atoms with Gasteiger partial charge in [0.15, 0.2) is 0 Å². The van der Waals surface area contributed by atoms with Crippen LogP contribution in [0.1, 0.15) is 15.9 Å². The molecule has 0 aromatic heterocycles. The van der Waals surface area contributed by atoms with Crippen LogP contribution in [0.25, 0.3) is 0 Å². The van der Waals surface area contributed by atoms with Crippen LogP contribution >= 0.6 is 0 Å². The standard InChI is InChI=1S/C15H14N2O3/c1-20-14-8-7-11(15(18)19)9-12(14)10-16-17-13-5-3-2-4-6-13/h2-10,17H,1H3,(H,18,19). The summed E-state index contributed by atoms with van der Waals surface area (Å²) in [4.78, 5) is 10.9. The summed E-state index contributed by atoms with van der Waals surface area (Å²) in [6.45, 7) is 0. The number of carboxylic acid groups (broad SMARTS) is 1. The first-order valence-corrected chi connectivity index (χ1v) is 5.96. The van der Waals surface area contributed by atoms with Gasteiger partial charge in [-0.1, -0.05) is 18.2 Å². The van der Waals surface area contributed by atoms with Gasteiger partial charge in [0.05, 0.1) is 24.6 Å². The molecule has 0 saturated heterocycles. The number of benzene rings is 2. The summed E-state index contributed by atoms with van der Waals surface area (Å²) in [5.41, 5.74) is 4.48. The Morgan fingerprint density at radius 3 is 2.65 bits per heavy atom. The minimum atomic E-state index is -0.988. The van der Waals surface area contributed by atoms with Crippen LogP contribution in [-0.2, 0) is 0 Å². The van der Waals surface area contributed by atoms with E-state index in [1.807, 2.05) is 30.3 Å². The number of nitrogens with zero attached hydrogens (tertiary/aromatic N) is 1. The van der Waals surface area contributed by atoms with E-state index in [9.17, 15) is 4.79 Å². The van der Waals surface area contributed by atoms with E-state index in [2.05, 4.69) is 10.5 Å². The number of methoxy groups -OCH3 is 1. The average molecular weight is 270 g/mol. The molecule has 2 N–H and O–H groups in total. The minimum absolute atomic E-state index is 0.187. The number of hydrogen-bond acceptors (Lipinski definition) is 4. The molecule has 20 heavy (non-hydrogen) atoms. The molecule has 102 valence electrons. The SMILES string of the molecule is COc1ccc(C(=O)O)cc1C=NNc1ccccc1. The number of aromatic carboxylic acids is 1. The van der Waals surface area contributed by atoms with Crippen LogP contribution in [0, 0.1) is 0 Å². The number of nitrogens with one attached hydrogen (secondary N) is 1. The Balaban J connectivity index is 2.18. The Hall–Kier alpha value is -2.82. The van der Waals surface area contributed by atoms with Crippen molar-refractivity contribution in [3.05, 3.63) is 59.7 Å². The summed E-state index contributed by atoms with van der Waals surface area (Å²) in [7, 11) is 1.53. The quantitative estimate of drug-likeness (QED) is 0.647. The Labute approximate surface area is 116 Å². The van der Waals surface area contributed by atoms with E-state index in [4.69, 9.17) is 9.84 Å². The second-order valence-corrected chi connectivity index (χ2v) is 4.00. The number of ether oxygens (including phenoxy) is 1. The van der Waals surface area contributed by atoms with Gasteiger partial charge in [0.2, 0.25) is 0 Å². The molecule has 0 spiro atoms. The molecule has 0 atom stereocenters. The molecule has 0 radical (unpaired) electrons. The van der Waals surface area contributed by atoms with E-state index in [1.165, 1.54) is 25.5 Å². The summed E-state index contributed by atoms with van der Waals surface area (Å²) >= 11 is 0. The first-order chi connectivity index (χ1) is 9.70. The molecule has 0 aliphatic carbocycles. The zero-order valence-corrected chi connectivity index (χ0v) is 10.9. The molecule has 0 amide bonds. The van der Waals surface area contributed by atoms with Gasteiger partial charge in [0.25, 0.3) is 0 Å². The van der Waals surface area contributed by atoms with Crippen LogP contribution in [0.5, 0.6) is 5.75 Å². The van der Waals surface area contributed by atoms with Crippen LogP contribution < -0.4 is 10.2 Å². The maximum Gasteiger partial charge on any atom is 0.335 e. The van der Waals surface area contributed by atoms with Crippen LogP contribution in [0.3, 0.4) is 0 Å². The smallest absolute Gasteiger partial charge is 0.335 e. The van der Waals surface area contributed by atoms with Gasteiger partial charge < -0.3 is 9.84 Å². The summed E-state index contributed by atoms with van der Waals surface area (Å²) in [5, 5.41) is 13.0. The van der Waals surface area contributed by atoms with Crippen molar-refractivity contribution in [3.63, 3.8) is 0 Å². The van der Waals surface area contributed by atoms with E-state index in [1.54, 1.807) is 6.07 Å². The highest BCUT2D eigenvalue weighted by atomic mass is 16.5. The first-order valence-electron chi connectivity index (χ1n) is 5.96. The third-order valence-electron chi connectivity index (χ3n) is 2.65. The molecule has 0 heterocycles. The fraction of sp³-hybridized carbons (Fsp3) is 0.0667. The summed E-state index contributed by atoms with van der Waals surface area (Å²) < 4.78 is 5.17. The Bertz CT molecular complexity index is 624. The van der Waals surface area contributed by atoms with E-state index in [0.29, 0.717) is 11.3 Å². The van der Waals surface area contributed by atoms with Crippen molar-refractivity contribution in [1.29, 1.82) is 0 Å². The third kappa shape index (κ3) is 3.35. The molecule has 2 rings (SSSR count). The Morgan fingerprint density at radius 1 is 1.25 bits per heavy atom. The van der Waals surface area contributed by atoms with Crippen LogP contribution in [0.2, 0.25) is 0 Å². The second kappa shape index (κ2) is 6.38. The van der Waals surface area contributed by atoms with Crippen molar-refractivity contribution in [2.24, 2.45) is 5.10 Å². The molecule has 5 nitrogen and oxygen atoms in total. The Morgan fingerprint density at radius 2 is 2.00 bits per heavy atom. The van der Waals surface area contributed by atoms with Gasteiger partial charge in [-0.3, -0.25) is 5.43 Å². The summed E-state index contributed by atoms with van der Waals surface area (Å²) in [6, 6.07) is 14.1. The molecule has 2 aromatic carbocycles. The number of rotatable bonds is 5. The molecule has 0 unspecified atom stereocenters. The molecule has 0 aliphatic rings. The van der Waals surface area contributed by atoms with Crippen LogP contribution in [-0.4, -0.2) is 24.4 Å². The normalized spacial score (nSPS) is 10.4. The number of carboxylic acids is 1. The van der Waals surface area contributed by atoms with E-state index in [0.717, 1.165) is 5.69 Å². The van der Waals surface area contributed by atoms with Gasteiger partial charge >= 0.3 is 5.97 Å². The van der Waals surface area contributed by atoms with E-state index < -0.39 is 5.97 Å². The van der Waals surface area contributed by atoms with Crippen molar-refractivity contribution in [3.8, 4) is 5.75 Å². The number of anilines is 1. The average Bonchev–Trinajstić information content (AvgIpc) is 2.48. The largest absolute Gasteiger partial charge is 0.496 e. The molecule has 0 saturated carbocycles. The molecule has 2 aromatic rings.